The van der Waals surface area contributed by atoms with Crippen LogP contribution in [0.1, 0.15) is 53.1 Å². The molecule has 4 heteroatoms. The van der Waals surface area contributed by atoms with Crippen molar-refractivity contribution in [3.05, 3.63) is 143 Å². The van der Waals surface area contributed by atoms with Crippen LogP contribution in [0.3, 0.4) is 0 Å². The van der Waals surface area contributed by atoms with E-state index in [-0.39, 0.29) is 30.2 Å². The van der Waals surface area contributed by atoms with Gasteiger partial charge in [-0.3, -0.25) is 0 Å². The minimum Gasteiger partial charge on any atom is -1.00 e. The summed E-state index contributed by atoms with van der Waals surface area (Å²) in [5.41, 5.74) is 13.9. The van der Waals surface area contributed by atoms with Crippen molar-refractivity contribution in [3.63, 3.8) is 0 Å². The maximum Gasteiger partial charge on any atom is -0.0114 e. The van der Waals surface area contributed by atoms with Crippen molar-refractivity contribution in [2.24, 2.45) is 0 Å². The van der Waals surface area contributed by atoms with E-state index in [1.807, 2.05) is 0 Å². The fourth-order valence-electron chi connectivity index (χ4n) is 6.36. The molecule has 0 aliphatic rings. The molecular weight excluding hydrogens is 719 g/mol. The number of fused-ring (bicyclic) bond motifs is 3. The molecule has 7 aromatic carbocycles. The smallest absolute Gasteiger partial charge is 0.0114 e. The van der Waals surface area contributed by atoms with Crippen molar-refractivity contribution in [2.75, 3.05) is 0 Å². The van der Waals surface area contributed by atoms with Crippen LogP contribution in [0.4, 0.5) is 0 Å². The van der Waals surface area contributed by atoms with E-state index in [1.165, 1.54) is 88.0 Å². The first-order chi connectivity index (χ1) is 22.0. The van der Waals surface area contributed by atoms with E-state index in [4.69, 9.17) is 0 Å². The van der Waals surface area contributed by atoms with Crippen LogP contribution in [0, 0.1) is 34.6 Å². The molecule has 0 fully saturated rings. The maximum atomic E-state index is 2.37. The second kappa shape index (κ2) is 17.3. The molecule has 0 saturated heterocycles. The minimum atomic E-state index is 0. The van der Waals surface area contributed by atoms with Gasteiger partial charge in [0.25, 0.3) is 0 Å². The number of aryl methyl sites for hydroxylation is 3. The molecule has 0 aromatic heterocycles. The van der Waals surface area contributed by atoms with Crippen LogP contribution in [-0.2, 0) is 23.3 Å². The second-order valence-electron chi connectivity index (χ2n) is 13.2. The molecule has 0 radical (unpaired) electrons. The van der Waals surface area contributed by atoms with Crippen molar-refractivity contribution in [1.29, 1.82) is 0 Å². The predicted octanol–water partition coefficient (Wildman–Crippen LogP) is 7.06. The van der Waals surface area contributed by atoms with Gasteiger partial charge in [-0.15, -0.1) is 68.6 Å². The summed E-state index contributed by atoms with van der Waals surface area (Å²) in [7, 11) is 0. The molecule has 0 aliphatic heterocycles. The number of hydrogen-bond acceptors (Lipinski definition) is 0. The number of rotatable bonds is 3. The molecule has 246 valence electrons. The van der Waals surface area contributed by atoms with E-state index in [0.29, 0.717) is 5.92 Å². The average Bonchev–Trinajstić information content (AvgIpc) is 3.65. The van der Waals surface area contributed by atoms with Crippen molar-refractivity contribution in [2.45, 2.75) is 67.5 Å². The molecule has 7 aromatic rings. The standard InChI is InChI=1S/C21H17.C21H23.C2H6Si.2ClH.Zr/c1-14-12-20-15(2)10-11-19(21(20)13-14)18-9-5-7-16-6-3-4-8-17(16)18;1-13(2)18-11-17-7-6-8-20(21(17)12-18)19-10-9-14(3)15(4)16(19)5;1-3-2;;;/h3-13H,1-2H3;6-13H,1-5H3;1-2H3;2*1H;/q2*-1;;;;+2/p-2. The summed E-state index contributed by atoms with van der Waals surface area (Å²) in [4.78, 5) is 0. The molecule has 0 spiro atoms. The summed E-state index contributed by atoms with van der Waals surface area (Å²) >= 11 is 1.74. The van der Waals surface area contributed by atoms with Crippen LogP contribution in [0.2, 0.25) is 13.1 Å². The molecule has 0 heterocycles. The predicted molar refractivity (Wildman–Crippen MR) is 203 cm³/mol. The normalized spacial score (nSPS) is 10.6. The monoisotopic (exact) mass is 762 g/mol. The zero-order valence-corrected chi connectivity index (χ0v) is 34.7. The van der Waals surface area contributed by atoms with Gasteiger partial charge in [-0.25, -0.2) is 0 Å². The molecule has 0 amide bonds. The first-order valence-corrected chi connectivity index (χ1v) is 22.6. The van der Waals surface area contributed by atoms with E-state index in [0.717, 1.165) is 0 Å². The summed E-state index contributed by atoms with van der Waals surface area (Å²) in [5.74, 6) is 0.575. The van der Waals surface area contributed by atoms with Crippen molar-refractivity contribution in [3.8, 4) is 22.3 Å². The molecule has 0 nitrogen and oxygen atoms in total. The molecule has 0 aliphatic carbocycles. The number of halogens is 2. The van der Waals surface area contributed by atoms with Gasteiger partial charge in [0, 0.05) is 0 Å². The SMILES string of the molecule is C[Si](C)=[Zr+2].Cc1cc2c(-c3cccc4ccccc34)ccc(C)c2[cH-]1.Cc1ccc(-c2cccc3[cH-]c(C(C)C)cc23)c(C)c1C.[Cl-].[Cl-]. The Morgan fingerprint density at radius 3 is 1.81 bits per heavy atom. The van der Waals surface area contributed by atoms with Gasteiger partial charge in [0.05, 0.1) is 0 Å². The Balaban J connectivity index is 0.000000226. The summed E-state index contributed by atoms with van der Waals surface area (Å²) in [6.07, 6.45) is 0. The Morgan fingerprint density at radius 1 is 0.562 bits per heavy atom. The van der Waals surface area contributed by atoms with Crippen molar-refractivity contribution >= 4 is 37.8 Å². The molecule has 0 N–H and O–H groups in total. The van der Waals surface area contributed by atoms with Gasteiger partial charge < -0.3 is 24.8 Å². The Kier molecular flexibility index (Phi) is 14.3. The Labute approximate surface area is 315 Å². The first-order valence-electron chi connectivity index (χ1n) is 16.4. The van der Waals surface area contributed by atoms with E-state index >= 15 is 0 Å². The Bertz CT molecular complexity index is 2170. The van der Waals surface area contributed by atoms with E-state index in [1.54, 1.807) is 23.3 Å². The van der Waals surface area contributed by atoms with Crippen LogP contribution in [0.5, 0.6) is 0 Å². The summed E-state index contributed by atoms with van der Waals surface area (Å²) < 4.78 is 0. The molecule has 0 atom stereocenters. The third-order valence-electron chi connectivity index (χ3n) is 9.12. The van der Waals surface area contributed by atoms with Crippen LogP contribution in [-0.4, -0.2) is 5.43 Å². The third-order valence-corrected chi connectivity index (χ3v) is 9.12. The topological polar surface area (TPSA) is 0 Å². The van der Waals surface area contributed by atoms with Crippen LogP contribution in [0.25, 0.3) is 54.6 Å². The van der Waals surface area contributed by atoms with E-state index < -0.39 is 0 Å². The van der Waals surface area contributed by atoms with E-state index in [9.17, 15) is 0 Å². The molecule has 0 bridgehead atoms. The molecular formula is C44H46Cl2SiZr-2. The van der Waals surface area contributed by atoms with Gasteiger partial charge in [-0.1, -0.05) is 106 Å². The third kappa shape index (κ3) is 8.70. The zero-order chi connectivity index (χ0) is 33.1. The van der Waals surface area contributed by atoms with Crippen molar-refractivity contribution < 1.29 is 48.1 Å². The first kappa shape index (κ1) is 39.7. The zero-order valence-electron chi connectivity index (χ0n) is 29.7. The summed E-state index contributed by atoms with van der Waals surface area (Å²) in [6, 6.07) is 40.1. The van der Waals surface area contributed by atoms with Crippen molar-refractivity contribution in [1.82, 2.24) is 0 Å². The number of benzene rings is 5. The number of hydrogen-bond donors (Lipinski definition) is 0. The van der Waals surface area contributed by atoms with Gasteiger partial charge in [-0.05, 0) is 65.3 Å². The summed E-state index contributed by atoms with van der Waals surface area (Å²) in [5, 5.41) is 8.10. The van der Waals surface area contributed by atoms with Gasteiger partial charge in [-0.2, -0.15) is 12.1 Å². The Hall–Kier alpha value is -2.74. The van der Waals surface area contributed by atoms with E-state index in [2.05, 4.69) is 171 Å². The fraction of sp³-hybridized carbons (Fsp3) is 0.227. The summed E-state index contributed by atoms with van der Waals surface area (Å²) in [6.45, 7) is 20.1. The fourth-order valence-corrected chi connectivity index (χ4v) is 6.36. The average molecular weight is 765 g/mol. The second-order valence-corrected chi connectivity index (χ2v) is 22.6. The van der Waals surface area contributed by atoms with Gasteiger partial charge in [0.1, 0.15) is 0 Å². The van der Waals surface area contributed by atoms with Gasteiger partial charge >= 0.3 is 41.9 Å². The van der Waals surface area contributed by atoms with Gasteiger partial charge in [0.2, 0.25) is 0 Å². The largest absolute Gasteiger partial charge is 1.00 e. The maximum absolute atomic E-state index is 2.37. The quantitative estimate of drug-likeness (QED) is 0.134. The molecule has 0 saturated carbocycles. The van der Waals surface area contributed by atoms with Gasteiger partial charge in [0.15, 0.2) is 0 Å². The molecule has 0 unspecified atom stereocenters. The molecule has 7 rings (SSSR count). The van der Waals surface area contributed by atoms with Crippen LogP contribution >= 0.6 is 0 Å². The molecule has 48 heavy (non-hydrogen) atoms. The minimum absolute atomic E-state index is 0. The van der Waals surface area contributed by atoms with Crippen LogP contribution < -0.4 is 24.8 Å². The Morgan fingerprint density at radius 2 is 1.12 bits per heavy atom. The van der Waals surface area contributed by atoms with Crippen LogP contribution in [0.15, 0.2) is 109 Å².